The maximum atomic E-state index is 11.3. The van der Waals surface area contributed by atoms with Crippen LogP contribution in [0.5, 0.6) is 0 Å². The number of carbonyl (C=O) groups excluding carboxylic acids is 1. The monoisotopic (exact) mass is 454 g/mol. The molecule has 24 heavy (non-hydrogen) atoms. The highest BCUT2D eigenvalue weighted by Gasteiger charge is 2.08. The van der Waals surface area contributed by atoms with E-state index in [0.717, 1.165) is 20.3 Å². The number of rotatable bonds is 3. The molecule has 3 aromatic heterocycles. The first-order chi connectivity index (χ1) is 11.5. The number of nitrogens with zero attached hydrogens (tertiary/aromatic N) is 3. The van der Waals surface area contributed by atoms with Crippen molar-refractivity contribution in [1.82, 2.24) is 14.4 Å². The van der Waals surface area contributed by atoms with Gasteiger partial charge < -0.3 is 14.9 Å². The van der Waals surface area contributed by atoms with Crippen molar-refractivity contribution in [3.63, 3.8) is 0 Å². The van der Waals surface area contributed by atoms with Gasteiger partial charge in [-0.1, -0.05) is 0 Å². The highest BCUT2D eigenvalue weighted by atomic mass is 79.9. The van der Waals surface area contributed by atoms with Gasteiger partial charge in [-0.25, -0.2) is 9.97 Å². The first kappa shape index (κ1) is 18.4. The zero-order chi connectivity index (χ0) is 17.5. The summed E-state index contributed by atoms with van der Waals surface area (Å²) in [6.45, 7) is 2.19. The number of imidazole rings is 1. The minimum atomic E-state index is -0.245. The number of fused-ring (bicyclic) bond motifs is 1. The van der Waals surface area contributed by atoms with Gasteiger partial charge in [0, 0.05) is 27.5 Å². The van der Waals surface area contributed by atoms with Crippen LogP contribution in [0.2, 0.25) is 0 Å². The number of pyridine rings is 2. The second-order valence-corrected chi connectivity index (χ2v) is 6.56. The number of aromatic nitrogens is 3. The van der Waals surface area contributed by atoms with E-state index in [0.29, 0.717) is 12.4 Å². The van der Waals surface area contributed by atoms with E-state index in [4.69, 9.17) is 10.5 Å². The molecule has 3 rings (SSSR count). The summed E-state index contributed by atoms with van der Waals surface area (Å²) in [4.78, 5) is 19.4. The Bertz CT molecular complexity index is 798. The van der Waals surface area contributed by atoms with E-state index in [9.17, 15) is 4.79 Å². The smallest absolute Gasteiger partial charge is 0.311 e. The van der Waals surface area contributed by atoms with Crippen LogP contribution in [0.15, 0.2) is 51.8 Å². The predicted octanol–water partition coefficient (Wildman–Crippen LogP) is 3.63. The first-order valence-electron chi connectivity index (χ1n) is 7.13. The number of nitrogens with two attached hydrogens (primary N) is 1. The maximum Gasteiger partial charge on any atom is 0.311 e. The molecule has 0 unspecified atom stereocenters. The van der Waals surface area contributed by atoms with Crippen molar-refractivity contribution < 1.29 is 9.53 Å². The number of carbonyl (C=O) groups is 1. The van der Waals surface area contributed by atoms with Crippen molar-refractivity contribution in [2.24, 2.45) is 0 Å². The topological polar surface area (TPSA) is 82.5 Å². The van der Waals surface area contributed by atoms with E-state index in [1.54, 1.807) is 19.2 Å². The van der Waals surface area contributed by atoms with Crippen molar-refractivity contribution >= 4 is 49.3 Å². The number of halogens is 2. The third kappa shape index (κ3) is 5.61. The molecule has 0 spiro atoms. The minimum Gasteiger partial charge on any atom is -0.466 e. The summed E-state index contributed by atoms with van der Waals surface area (Å²) in [5.41, 5.74) is 6.84. The van der Waals surface area contributed by atoms with Gasteiger partial charge in [0.2, 0.25) is 0 Å². The summed E-state index contributed by atoms with van der Waals surface area (Å²) in [6, 6.07) is 7.39. The molecular formula is C16H16Br2N4O2. The number of nitrogen functional groups attached to an aromatic ring is 1. The Balaban J connectivity index is 0.000000219. The molecule has 6 nitrogen and oxygen atoms in total. The van der Waals surface area contributed by atoms with Crippen LogP contribution < -0.4 is 5.73 Å². The van der Waals surface area contributed by atoms with Crippen LogP contribution in [-0.2, 0) is 16.0 Å². The van der Waals surface area contributed by atoms with Gasteiger partial charge in [-0.05, 0) is 63.0 Å². The zero-order valence-corrected chi connectivity index (χ0v) is 16.1. The molecule has 3 aromatic rings. The van der Waals surface area contributed by atoms with Crippen molar-refractivity contribution in [3.05, 3.63) is 57.5 Å². The zero-order valence-electron chi connectivity index (χ0n) is 12.9. The number of ether oxygens (including phenoxy) is 1. The highest BCUT2D eigenvalue weighted by molar-refractivity contribution is 9.10. The summed E-state index contributed by atoms with van der Waals surface area (Å²) in [5, 5.41) is 0. The van der Waals surface area contributed by atoms with Gasteiger partial charge in [0.1, 0.15) is 11.5 Å². The fourth-order valence-electron chi connectivity index (χ4n) is 1.85. The van der Waals surface area contributed by atoms with E-state index in [1.165, 1.54) is 0 Å². The van der Waals surface area contributed by atoms with Gasteiger partial charge in [0.25, 0.3) is 0 Å². The molecule has 0 atom stereocenters. The SMILES string of the molecule is CCOC(=O)Cc1cn2cc(Br)ccc2n1.Nc1ccc(Br)cn1. The summed E-state index contributed by atoms with van der Waals surface area (Å²) in [7, 11) is 0. The molecule has 2 N–H and O–H groups in total. The second kappa shape index (κ2) is 8.79. The molecule has 0 aromatic carbocycles. The molecule has 0 fully saturated rings. The largest absolute Gasteiger partial charge is 0.466 e. The van der Waals surface area contributed by atoms with Gasteiger partial charge in [0.05, 0.1) is 18.7 Å². The Morgan fingerprint density at radius 1 is 1.21 bits per heavy atom. The van der Waals surface area contributed by atoms with E-state index < -0.39 is 0 Å². The van der Waals surface area contributed by atoms with Crippen LogP contribution in [0.3, 0.4) is 0 Å². The lowest BCUT2D eigenvalue weighted by Crippen LogP contribution is -2.07. The quantitative estimate of drug-likeness (QED) is 0.609. The van der Waals surface area contributed by atoms with Crippen LogP contribution >= 0.6 is 31.9 Å². The molecular weight excluding hydrogens is 440 g/mol. The number of hydrogen-bond donors (Lipinski definition) is 1. The van der Waals surface area contributed by atoms with Gasteiger partial charge in [0.15, 0.2) is 0 Å². The van der Waals surface area contributed by atoms with Crippen molar-refractivity contribution in [2.75, 3.05) is 12.3 Å². The predicted molar refractivity (Wildman–Crippen MR) is 99.6 cm³/mol. The molecule has 0 amide bonds. The summed E-state index contributed by atoms with van der Waals surface area (Å²) in [5.74, 6) is 0.304. The number of hydrogen-bond acceptors (Lipinski definition) is 5. The lowest BCUT2D eigenvalue weighted by Gasteiger charge is -1.97. The Morgan fingerprint density at radius 2 is 1.96 bits per heavy atom. The van der Waals surface area contributed by atoms with Crippen molar-refractivity contribution in [1.29, 1.82) is 0 Å². The molecule has 0 aliphatic rings. The summed E-state index contributed by atoms with van der Waals surface area (Å²) >= 11 is 6.60. The van der Waals surface area contributed by atoms with Gasteiger partial charge >= 0.3 is 5.97 Å². The fraction of sp³-hybridized carbons (Fsp3) is 0.188. The van der Waals surface area contributed by atoms with Crippen molar-refractivity contribution in [2.45, 2.75) is 13.3 Å². The molecule has 8 heteroatoms. The lowest BCUT2D eigenvalue weighted by molar-refractivity contribution is -0.142. The Hall–Kier alpha value is -1.93. The van der Waals surface area contributed by atoms with Crippen LogP contribution in [0.25, 0.3) is 5.65 Å². The van der Waals surface area contributed by atoms with Crippen LogP contribution in [0, 0.1) is 0 Å². The molecule has 0 bridgehead atoms. The van der Waals surface area contributed by atoms with Crippen LogP contribution in [0.1, 0.15) is 12.6 Å². The normalized spacial score (nSPS) is 10.1. The van der Waals surface area contributed by atoms with E-state index in [-0.39, 0.29) is 12.4 Å². The maximum absolute atomic E-state index is 11.3. The number of esters is 1. The third-order valence-electron chi connectivity index (χ3n) is 2.85. The van der Waals surface area contributed by atoms with Crippen molar-refractivity contribution in [3.8, 4) is 0 Å². The van der Waals surface area contributed by atoms with Gasteiger partial charge in [-0.3, -0.25) is 4.79 Å². The molecule has 126 valence electrons. The number of anilines is 1. The van der Waals surface area contributed by atoms with Crippen LogP contribution in [0.4, 0.5) is 5.82 Å². The second-order valence-electron chi connectivity index (χ2n) is 4.73. The van der Waals surface area contributed by atoms with E-state index in [2.05, 4.69) is 41.8 Å². The molecule has 0 aliphatic carbocycles. The highest BCUT2D eigenvalue weighted by Crippen LogP contribution is 2.13. The average molecular weight is 456 g/mol. The summed E-state index contributed by atoms with van der Waals surface area (Å²) < 4.78 is 8.66. The van der Waals surface area contributed by atoms with E-state index >= 15 is 0 Å². The summed E-state index contributed by atoms with van der Waals surface area (Å²) in [6.07, 6.45) is 5.61. The Morgan fingerprint density at radius 3 is 2.58 bits per heavy atom. The van der Waals surface area contributed by atoms with Gasteiger partial charge in [-0.15, -0.1) is 0 Å². The fourth-order valence-corrected chi connectivity index (χ4v) is 2.44. The molecule has 0 saturated carbocycles. The Kier molecular flexibility index (Phi) is 6.74. The lowest BCUT2D eigenvalue weighted by atomic mass is 10.3. The standard InChI is InChI=1S/C11H11BrN2O2.C5H5BrN2/c1-2-16-11(15)5-9-7-14-6-8(12)3-4-10(14)13-9;6-4-1-2-5(7)8-3-4/h3-4,6-7H,2,5H2,1H3;1-3H,(H2,7,8). The first-order valence-corrected chi connectivity index (χ1v) is 8.72. The molecule has 3 heterocycles. The van der Waals surface area contributed by atoms with Crippen LogP contribution in [-0.4, -0.2) is 26.9 Å². The van der Waals surface area contributed by atoms with E-state index in [1.807, 2.05) is 35.0 Å². The third-order valence-corrected chi connectivity index (χ3v) is 3.78. The van der Waals surface area contributed by atoms with Gasteiger partial charge in [-0.2, -0.15) is 0 Å². The molecule has 0 saturated heterocycles. The minimum absolute atomic E-state index is 0.215. The Labute approximate surface area is 156 Å². The average Bonchev–Trinajstić information content (AvgIpc) is 2.92. The molecule has 0 aliphatic heterocycles. The molecule has 0 radical (unpaired) electrons.